The summed E-state index contributed by atoms with van der Waals surface area (Å²) in [4.78, 5) is 26.4. The number of carbonyl (C=O) groups is 2. The molecule has 48 heavy (non-hydrogen) atoms. The lowest BCUT2D eigenvalue weighted by atomic mass is 9.32. The number of esters is 2. The molecule has 9 heteroatoms. The van der Waals surface area contributed by atoms with Crippen molar-refractivity contribution in [3.05, 3.63) is 35.9 Å². The van der Waals surface area contributed by atoms with Gasteiger partial charge in [-0.1, -0.05) is 71.9 Å². The molecule has 0 aliphatic heterocycles. The molecule has 0 saturated heterocycles. The fraction of sp³-hybridized carbons (Fsp3) is 0.795. The van der Waals surface area contributed by atoms with Crippen molar-refractivity contribution in [2.45, 2.75) is 125 Å². The maximum Gasteiger partial charge on any atom is 0.397 e. The van der Waals surface area contributed by atoms with E-state index in [4.69, 9.17) is 13.7 Å². The minimum atomic E-state index is -4.57. The Bertz CT molecular complexity index is 1490. The normalized spacial score (nSPS) is 42.3. The van der Waals surface area contributed by atoms with Crippen LogP contribution in [0.2, 0.25) is 0 Å². The Morgan fingerprint density at radius 2 is 1.58 bits per heavy atom. The zero-order chi connectivity index (χ0) is 34.9. The van der Waals surface area contributed by atoms with Crippen LogP contribution in [0.25, 0.3) is 0 Å². The van der Waals surface area contributed by atoms with E-state index in [1.54, 1.807) is 0 Å². The van der Waals surface area contributed by atoms with Crippen molar-refractivity contribution in [2.75, 3.05) is 6.61 Å². The van der Waals surface area contributed by atoms with Gasteiger partial charge in [-0.05, 0) is 122 Å². The lowest BCUT2D eigenvalue weighted by Crippen LogP contribution is -2.67. The molecular formula is C39H58O8S. The van der Waals surface area contributed by atoms with Crippen molar-refractivity contribution >= 4 is 22.3 Å². The van der Waals surface area contributed by atoms with Gasteiger partial charge in [0.1, 0.15) is 12.7 Å². The Balaban J connectivity index is 1.33. The molecule has 5 fully saturated rings. The van der Waals surface area contributed by atoms with Crippen molar-refractivity contribution in [3.8, 4) is 0 Å². The van der Waals surface area contributed by atoms with Crippen LogP contribution in [0.1, 0.15) is 118 Å². The lowest BCUT2D eigenvalue weighted by molar-refractivity contribution is -0.252. The SMILES string of the molecule is CC(=O)O[C@@H]1CC[C@@]2(C)C(CC[C@]3(C)C2CCC2C4[C@H]([C@@H](C)COS(=O)(=O)O)CC[C@]4(C(=O)OCc4ccccc4)CC[C@]23C)C1(C)C. The number of benzene rings is 1. The van der Waals surface area contributed by atoms with Crippen LogP contribution in [0.15, 0.2) is 30.3 Å². The molecule has 0 radical (unpaired) electrons. The second-order valence-corrected chi connectivity index (χ2v) is 18.9. The molecule has 268 valence electrons. The summed E-state index contributed by atoms with van der Waals surface area (Å²) >= 11 is 0. The van der Waals surface area contributed by atoms with Gasteiger partial charge in [-0.15, -0.1) is 0 Å². The van der Waals surface area contributed by atoms with Crippen LogP contribution < -0.4 is 0 Å². The molecule has 0 spiro atoms. The minimum absolute atomic E-state index is 0.0130. The van der Waals surface area contributed by atoms with Gasteiger partial charge >= 0.3 is 22.3 Å². The Labute approximate surface area is 288 Å². The third kappa shape index (κ3) is 5.66. The first-order valence-electron chi connectivity index (χ1n) is 18.4. The fourth-order valence-electron chi connectivity index (χ4n) is 13.2. The van der Waals surface area contributed by atoms with Crippen LogP contribution in [0.4, 0.5) is 0 Å². The van der Waals surface area contributed by atoms with Gasteiger partial charge in [0.25, 0.3) is 0 Å². The number of hydrogen-bond donors (Lipinski definition) is 1. The van der Waals surface area contributed by atoms with Gasteiger partial charge in [0.2, 0.25) is 0 Å². The number of rotatable bonds is 8. The monoisotopic (exact) mass is 686 g/mol. The summed E-state index contributed by atoms with van der Waals surface area (Å²) in [5, 5.41) is 0. The van der Waals surface area contributed by atoms with Crippen LogP contribution in [-0.2, 0) is 40.3 Å². The predicted molar refractivity (Wildman–Crippen MR) is 183 cm³/mol. The zero-order valence-corrected chi connectivity index (χ0v) is 30.9. The summed E-state index contributed by atoms with van der Waals surface area (Å²) < 4.78 is 49.7. The summed E-state index contributed by atoms with van der Waals surface area (Å²) in [6.45, 7) is 15.9. The molecule has 0 heterocycles. The van der Waals surface area contributed by atoms with Crippen LogP contribution in [-0.4, -0.2) is 37.6 Å². The molecule has 5 aliphatic carbocycles. The Kier molecular flexibility index (Phi) is 9.23. The van der Waals surface area contributed by atoms with Crippen molar-refractivity contribution < 1.29 is 36.2 Å². The van der Waals surface area contributed by atoms with Crippen LogP contribution in [0.5, 0.6) is 0 Å². The summed E-state index contributed by atoms with van der Waals surface area (Å²) in [7, 11) is -4.57. The molecule has 1 aromatic carbocycles. The van der Waals surface area contributed by atoms with Crippen LogP contribution >= 0.6 is 0 Å². The molecule has 11 atom stereocenters. The number of ether oxygens (including phenoxy) is 2. The number of carbonyl (C=O) groups excluding carboxylic acids is 2. The van der Waals surface area contributed by atoms with E-state index in [1.807, 2.05) is 37.3 Å². The molecule has 1 N–H and O–H groups in total. The van der Waals surface area contributed by atoms with Gasteiger partial charge in [0.05, 0.1) is 12.0 Å². The molecule has 5 aliphatic rings. The molecule has 0 bridgehead atoms. The second kappa shape index (κ2) is 12.4. The van der Waals surface area contributed by atoms with Gasteiger partial charge in [0, 0.05) is 12.3 Å². The molecular weight excluding hydrogens is 628 g/mol. The highest BCUT2D eigenvalue weighted by Crippen LogP contribution is 2.77. The first kappa shape index (κ1) is 35.8. The molecule has 8 nitrogen and oxygen atoms in total. The standard InChI is InChI=1S/C39H58O8S/c1-25(23-46-48(42,43)44)28-15-20-39(34(41)45-24-27-11-9-8-10-12-27)22-21-37(6)29(33(28)39)13-14-31-36(5)18-17-32(47-26(2)40)35(3,4)30(36)16-19-38(31,37)7/h8-12,25,28-33H,13-24H2,1-7H3,(H,42,43,44)/t25-,28-,29?,30?,31?,32+,33?,36-,37+,38+,39-/m0/s1. The van der Waals surface area contributed by atoms with E-state index in [2.05, 4.69) is 34.6 Å². The van der Waals surface area contributed by atoms with E-state index in [1.165, 1.54) is 6.92 Å². The van der Waals surface area contributed by atoms with E-state index in [-0.39, 0.29) is 76.6 Å². The minimum Gasteiger partial charge on any atom is -0.462 e. The lowest BCUT2D eigenvalue weighted by Gasteiger charge is -2.72. The van der Waals surface area contributed by atoms with E-state index >= 15 is 0 Å². The maximum atomic E-state index is 14.4. The topological polar surface area (TPSA) is 116 Å². The summed E-state index contributed by atoms with van der Waals surface area (Å²) in [6.07, 6.45) is 9.44. The van der Waals surface area contributed by atoms with Crippen molar-refractivity contribution in [1.29, 1.82) is 0 Å². The van der Waals surface area contributed by atoms with Crippen molar-refractivity contribution in [2.24, 2.45) is 62.6 Å². The molecule has 1 aromatic rings. The molecule has 0 aromatic heterocycles. The van der Waals surface area contributed by atoms with Crippen molar-refractivity contribution in [1.82, 2.24) is 0 Å². The highest BCUT2D eigenvalue weighted by Gasteiger charge is 2.72. The van der Waals surface area contributed by atoms with Gasteiger partial charge in [-0.2, -0.15) is 8.42 Å². The van der Waals surface area contributed by atoms with Gasteiger partial charge in [-0.25, -0.2) is 4.18 Å². The average Bonchev–Trinajstić information content (AvgIpc) is 3.41. The number of hydrogen-bond acceptors (Lipinski definition) is 7. The van der Waals surface area contributed by atoms with Gasteiger partial charge < -0.3 is 9.47 Å². The molecule has 4 unspecified atom stereocenters. The van der Waals surface area contributed by atoms with Crippen molar-refractivity contribution in [3.63, 3.8) is 0 Å². The Hall–Kier alpha value is -1.97. The highest BCUT2D eigenvalue weighted by molar-refractivity contribution is 7.80. The second-order valence-electron chi connectivity index (χ2n) is 17.8. The van der Waals surface area contributed by atoms with Crippen LogP contribution in [0.3, 0.4) is 0 Å². The highest BCUT2D eigenvalue weighted by atomic mass is 32.3. The largest absolute Gasteiger partial charge is 0.462 e. The van der Waals surface area contributed by atoms with Gasteiger partial charge in [-0.3, -0.25) is 14.1 Å². The third-order valence-corrected chi connectivity index (χ3v) is 16.0. The fourth-order valence-corrected chi connectivity index (χ4v) is 13.6. The van der Waals surface area contributed by atoms with Gasteiger partial charge in [0.15, 0.2) is 0 Å². The van der Waals surface area contributed by atoms with E-state index in [0.29, 0.717) is 11.8 Å². The quantitative estimate of drug-likeness (QED) is 0.215. The maximum absolute atomic E-state index is 14.4. The third-order valence-electron chi connectivity index (χ3n) is 15.6. The van der Waals surface area contributed by atoms with E-state index in [9.17, 15) is 22.6 Å². The van der Waals surface area contributed by atoms with E-state index in [0.717, 1.165) is 69.8 Å². The number of fused-ring (bicyclic) bond motifs is 7. The predicted octanol–water partition coefficient (Wildman–Crippen LogP) is 8.20. The Morgan fingerprint density at radius 3 is 2.25 bits per heavy atom. The summed E-state index contributed by atoms with van der Waals surface area (Å²) in [6, 6.07) is 9.82. The summed E-state index contributed by atoms with van der Waals surface area (Å²) in [5.74, 6) is 0.902. The average molecular weight is 687 g/mol. The summed E-state index contributed by atoms with van der Waals surface area (Å²) in [5.41, 5.74) is 0.406. The molecule has 6 rings (SSSR count). The Morgan fingerprint density at radius 1 is 0.875 bits per heavy atom. The molecule has 0 amide bonds. The van der Waals surface area contributed by atoms with Crippen LogP contribution in [0, 0.1) is 62.6 Å². The molecule has 5 saturated carbocycles. The van der Waals surface area contributed by atoms with E-state index < -0.39 is 15.8 Å². The first-order chi connectivity index (χ1) is 22.4. The zero-order valence-electron chi connectivity index (χ0n) is 30.1. The first-order valence-corrected chi connectivity index (χ1v) is 19.8. The smallest absolute Gasteiger partial charge is 0.397 e.